The monoisotopic (exact) mass is 352 g/mol. The Bertz CT molecular complexity index is 687. The van der Waals surface area contributed by atoms with Crippen molar-refractivity contribution >= 4 is 47.1 Å². The quantitative estimate of drug-likeness (QED) is 0.487. The maximum Gasteiger partial charge on any atom is 0.250 e. The number of hydrazone groups is 1. The van der Waals surface area contributed by atoms with Crippen molar-refractivity contribution in [3.63, 3.8) is 0 Å². The number of hydrogen-bond acceptors (Lipinski definition) is 3. The Balaban J connectivity index is 1.82. The molecule has 0 saturated heterocycles. The largest absolute Gasteiger partial charge is 0.272 e. The predicted octanol–water partition coefficient (Wildman–Crippen LogP) is 4.54. The van der Waals surface area contributed by atoms with Gasteiger partial charge in [-0.15, -0.1) is 11.8 Å². The van der Waals surface area contributed by atoms with E-state index >= 15 is 0 Å². The van der Waals surface area contributed by atoms with Crippen LogP contribution in [0.4, 0.5) is 0 Å². The lowest BCUT2D eigenvalue weighted by molar-refractivity contribution is -0.118. The van der Waals surface area contributed by atoms with Crippen LogP contribution in [-0.4, -0.2) is 17.9 Å². The van der Waals surface area contributed by atoms with Crippen molar-refractivity contribution in [1.29, 1.82) is 0 Å². The number of benzene rings is 2. The van der Waals surface area contributed by atoms with Crippen LogP contribution in [0.2, 0.25) is 10.0 Å². The Hall–Kier alpha value is -1.49. The molecule has 1 N–H and O–H groups in total. The molecule has 0 aliphatic heterocycles. The number of nitrogens with one attached hydrogen (secondary N) is 1. The van der Waals surface area contributed by atoms with Crippen molar-refractivity contribution in [2.75, 3.05) is 5.75 Å². The van der Waals surface area contributed by atoms with E-state index < -0.39 is 0 Å². The van der Waals surface area contributed by atoms with E-state index in [0.717, 1.165) is 4.90 Å². The third-order valence-electron chi connectivity index (χ3n) is 2.75. The number of carbonyl (C=O) groups excluding carboxylic acids is 1. The second-order valence-corrected chi connectivity index (χ2v) is 6.45. The van der Waals surface area contributed by atoms with Crippen LogP contribution in [0.15, 0.2) is 52.5 Å². The number of aryl methyl sites for hydroxylation is 1. The summed E-state index contributed by atoms with van der Waals surface area (Å²) in [6.07, 6.45) is 1.49. The van der Waals surface area contributed by atoms with Crippen LogP contribution < -0.4 is 5.43 Å². The van der Waals surface area contributed by atoms with Crippen LogP contribution in [0, 0.1) is 6.92 Å². The Morgan fingerprint density at radius 1 is 1.23 bits per heavy atom. The Labute approximate surface area is 143 Å². The van der Waals surface area contributed by atoms with Gasteiger partial charge in [0.25, 0.3) is 0 Å². The molecule has 0 spiro atoms. The summed E-state index contributed by atoms with van der Waals surface area (Å²) < 4.78 is 0. The molecule has 114 valence electrons. The molecule has 1 amide bonds. The molecule has 2 rings (SSSR count). The second kappa shape index (κ2) is 8.22. The fourth-order valence-corrected chi connectivity index (χ4v) is 2.74. The first-order chi connectivity index (χ1) is 10.5. The second-order valence-electron chi connectivity index (χ2n) is 4.56. The molecule has 2 aromatic rings. The van der Waals surface area contributed by atoms with Crippen LogP contribution in [0.5, 0.6) is 0 Å². The Morgan fingerprint density at radius 2 is 1.95 bits per heavy atom. The summed E-state index contributed by atoms with van der Waals surface area (Å²) >= 11 is 13.3. The van der Waals surface area contributed by atoms with Crippen molar-refractivity contribution in [3.05, 3.63) is 63.6 Å². The zero-order valence-corrected chi connectivity index (χ0v) is 14.2. The number of hydrogen-bond donors (Lipinski definition) is 1. The van der Waals surface area contributed by atoms with Gasteiger partial charge in [-0.3, -0.25) is 4.79 Å². The van der Waals surface area contributed by atoms with E-state index in [0.29, 0.717) is 21.4 Å². The summed E-state index contributed by atoms with van der Waals surface area (Å²) in [6.45, 7) is 2.03. The van der Waals surface area contributed by atoms with Gasteiger partial charge in [0.05, 0.1) is 17.0 Å². The third-order valence-corrected chi connectivity index (χ3v) is 4.32. The highest BCUT2D eigenvalue weighted by atomic mass is 35.5. The molecule has 0 radical (unpaired) electrons. The zero-order valence-electron chi connectivity index (χ0n) is 11.8. The van der Waals surface area contributed by atoms with Crippen molar-refractivity contribution in [1.82, 2.24) is 5.43 Å². The molecular weight excluding hydrogens is 339 g/mol. The number of amides is 1. The van der Waals surface area contributed by atoms with Gasteiger partial charge in [0.15, 0.2) is 0 Å². The molecule has 0 aromatic heterocycles. The summed E-state index contributed by atoms with van der Waals surface area (Å²) in [7, 11) is 0. The smallest absolute Gasteiger partial charge is 0.250 e. The SMILES string of the molecule is Cc1ccc(SCC(=O)N/N=C/c2ccc(Cl)cc2Cl)cc1. The van der Waals surface area contributed by atoms with Crippen molar-refractivity contribution < 1.29 is 4.79 Å². The highest BCUT2D eigenvalue weighted by Gasteiger charge is 2.02. The standard InChI is InChI=1S/C16H14Cl2N2OS/c1-11-2-6-14(7-3-11)22-10-16(21)20-19-9-12-4-5-13(17)8-15(12)18/h2-9H,10H2,1H3,(H,20,21)/b19-9+. The van der Waals surface area contributed by atoms with Gasteiger partial charge in [-0.05, 0) is 31.2 Å². The summed E-state index contributed by atoms with van der Waals surface area (Å²) in [5.74, 6) is 0.126. The van der Waals surface area contributed by atoms with Gasteiger partial charge in [-0.25, -0.2) is 5.43 Å². The van der Waals surface area contributed by atoms with Crippen molar-refractivity contribution in [3.8, 4) is 0 Å². The first-order valence-electron chi connectivity index (χ1n) is 6.51. The van der Waals surface area contributed by atoms with E-state index in [-0.39, 0.29) is 5.91 Å². The molecule has 3 nitrogen and oxygen atoms in total. The average Bonchev–Trinajstić information content (AvgIpc) is 2.49. The lowest BCUT2D eigenvalue weighted by Gasteiger charge is -2.02. The molecule has 0 aliphatic carbocycles. The predicted molar refractivity (Wildman–Crippen MR) is 94.1 cm³/mol. The zero-order chi connectivity index (χ0) is 15.9. The number of carbonyl (C=O) groups is 1. The fourth-order valence-electron chi connectivity index (χ4n) is 1.60. The first kappa shape index (κ1) is 16.9. The van der Waals surface area contributed by atoms with E-state index in [4.69, 9.17) is 23.2 Å². The van der Waals surface area contributed by atoms with Gasteiger partial charge in [0.2, 0.25) is 5.91 Å². The Morgan fingerprint density at radius 3 is 2.64 bits per heavy atom. The lowest BCUT2D eigenvalue weighted by atomic mass is 10.2. The molecule has 2 aromatic carbocycles. The van der Waals surface area contributed by atoms with E-state index in [1.807, 2.05) is 31.2 Å². The molecule has 0 aliphatic rings. The highest BCUT2D eigenvalue weighted by molar-refractivity contribution is 8.00. The third kappa shape index (κ3) is 5.37. The molecule has 22 heavy (non-hydrogen) atoms. The van der Waals surface area contributed by atoms with Gasteiger partial charge in [0, 0.05) is 15.5 Å². The lowest BCUT2D eigenvalue weighted by Crippen LogP contribution is -2.19. The fraction of sp³-hybridized carbons (Fsp3) is 0.125. The molecule has 0 unspecified atom stereocenters. The number of rotatable bonds is 5. The van der Waals surface area contributed by atoms with Gasteiger partial charge < -0.3 is 0 Å². The van der Waals surface area contributed by atoms with Gasteiger partial charge in [-0.2, -0.15) is 5.10 Å². The number of nitrogens with zero attached hydrogens (tertiary/aromatic N) is 1. The van der Waals surface area contributed by atoms with Crippen LogP contribution in [0.25, 0.3) is 0 Å². The molecule has 0 bridgehead atoms. The average molecular weight is 353 g/mol. The van der Waals surface area contributed by atoms with Crippen LogP contribution in [-0.2, 0) is 4.79 Å². The Kier molecular flexibility index (Phi) is 6.31. The van der Waals surface area contributed by atoms with E-state index in [9.17, 15) is 4.79 Å². The van der Waals surface area contributed by atoms with E-state index in [1.54, 1.807) is 18.2 Å². The minimum Gasteiger partial charge on any atom is -0.272 e. The van der Waals surface area contributed by atoms with Crippen LogP contribution >= 0.6 is 35.0 Å². The van der Waals surface area contributed by atoms with Gasteiger partial charge >= 0.3 is 0 Å². The maximum atomic E-state index is 11.7. The molecular formula is C16H14Cl2N2OS. The number of thioether (sulfide) groups is 1. The molecule has 6 heteroatoms. The summed E-state index contributed by atoms with van der Waals surface area (Å²) in [4.78, 5) is 12.8. The minimum absolute atomic E-state index is 0.174. The topological polar surface area (TPSA) is 41.5 Å². The minimum atomic E-state index is -0.174. The maximum absolute atomic E-state index is 11.7. The van der Waals surface area contributed by atoms with E-state index in [2.05, 4.69) is 10.5 Å². The summed E-state index contributed by atoms with van der Waals surface area (Å²) in [6, 6.07) is 13.1. The molecule has 0 atom stereocenters. The highest BCUT2D eigenvalue weighted by Crippen LogP contribution is 2.19. The van der Waals surface area contributed by atoms with Crippen LogP contribution in [0.1, 0.15) is 11.1 Å². The first-order valence-corrected chi connectivity index (χ1v) is 8.25. The summed E-state index contributed by atoms with van der Waals surface area (Å²) in [5, 5.41) is 4.93. The van der Waals surface area contributed by atoms with Gasteiger partial charge in [-0.1, -0.05) is 47.0 Å². The normalized spacial score (nSPS) is 10.9. The molecule has 0 fully saturated rings. The molecule has 0 heterocycles. The van der Waals surface area contributed by atoms with Crippen molar-refractivity contribution in [2.24, 2.45) is 5.10 Å². The number of halogens is 2. The van der Waals surface area contributed by atoms with Crippen molar-refractivity contribution in [2.45, 2.75) is 11.8 Å². The summed E-state index contributed by atoms with van der Waals surface area (Å²) in [5.41, 5.74) is 4.36. The van der Waals surface area contributed by atoms with Gasteiger partial charge in [0.1, 0.15) is 0 Å². The van der Waals surface area contributed by atoms with E-state index in [1.165, 1.54) is 23.5 Å². The molecule has 0 saturated carbocycles. The van der Waals surface area contributed by atoms with Crippen LogP contribution in [0.3, 0.4) is 0 Å².